The minimum Gasteiger partial charge on any atom is -0.463 e. The van der Waals surface area contributed by atoms with E-state index in [2.05, 4.69) is 16.4 Å². The molecule has 0 bridgehead atoms. The third kappa shape index (κ3) is 5.83. The Morgan fingerprint density at radius 2 is 1.94 bits per heavy atom. The van der Waals surface area contributed by atoms with Gasteiger partial charge in [-0.15, -0.1) is 11.3 Å². The van der Waals surface area contributed by atoms with E-state index in [0.717, 1.165) is 16.6 Å². The first-order valence-corrected chi connectivity index (χ1v) is 12.1. The number of halogens is 1. The van der Waals surface area contributed by atoms with E-state index in [0.29, 0.717) is 33.5 Å². The molecule has 0 fully saturated rings. The van der Waals surface area contributed by atoms with Gasteiger partial charge in [0.2, 0.25) is 0 Å². The molecule has 0 aliphatic heterocycles. The van der Waals surface area contributed by atoms with Crippen molar-refractivity contribution >= 4 is 52.5 Å². The van der Waals surface area contributed by atoms with Gasteiger partial charge in [-0.2, -0.15) is 9.78 Å². The van der Waals surface area contributed by atoms with Gasteiger partial charge in [-0.05, 0) is 17.7 Å². The highest BCUT2D eigenvalue weighted by atomic mass is 35.5. The fourth-order valence-electron chi connectivity index (χ4n) is 3.43. The molecule has 190 valence electrons. The molecule has 0 N–H and O–H groups in total. The maximum absolute atomic E-state index is 13.3. The topological polar surface area (TPSA) is 103 Å². The summed E-state index contributed by atoms with van der Waals surface area (Å²) in [5.41, 5.74) is 0.0829. The van der Waals surface area contributed by atoms with Crippen molar-refractivity contribution in [1.29, 1.82) is 0 Å². The molecular formula is C25H27ClN4O5S. The van der Waals surface area contributed by atoms with Crippen molar-refractivity contribution < 1.29 is 19.1 Å². The molecular weight excluding hydrogens is 504 g/mol. The highest BCUT2D eigenvalue weighted by Gasteiger charge is 2.29. The summed E-state index contributed by atoms with van der Waals surface area (Å²) in [5.74, 6) is -1.59. The van der Waals surface area contributed by atoms with E-state index >= 15 is 0 Å². The summed E-state index contributed by atoms with van der Waals surface area (Å²) in [6.45, 7) is 9.22. The van der Waals surface area contributed by atoms with Crippen LogP contribution in [0.15, 0.2) is 41.8 Å². The van der Waals surface area contributed by atoms with E-state index in [4.69, 9.17) is 11.6 Å². The highest BCUT2D eigenvalue weighted by Crippen LogP contribution is 2.31. The van der Waals surface area contributed by atoms with Gasteiger partial charge in [0.15, 0.2) is 0 Å². The molecule has 3 rings (SSSR count). The molecule has 0 spiro atoms. The van der Waals surface area contributed by atoms with Crippen molar-refractivity contribution in [3.05, 3.63) is 62.2 Å². The van der Waals surface area contributed by atoms with Crippen LogP contribution >= 0.6 is 22.9 Å². The Kier molecular flexibility index (Phi) is 8.00. The van der Waals surface area contributed by atoms with Crippen LogP contribution in [-0.2, 0) is 27.4 Å². The van der Waals surface area contributed by atoms with E-state index in [1.54, 1.807) is 26.8 Å². The monoisotopic (exact) mass is 530 g/mol. The summed E-state index contributed by atoms with van der Waals surface area (Å²) < 4.78 is 7.53. The Hall–Kier alpha value is -3.50. The Balaban J connectivity index is 2.09. The third-order valence-corrected chi connectivity index (χ3v) is 6.53. The summed E-state index contributed by atoms with van der Waals surface area (Å²) in [7, 11) is 2.93. The number of hydrogen-bond donors (Lipinski definition) is 0. The molecule has 0 amide bonds. The molecule has 0 saturated carbocycles. The van der Waals surface area contributed by atoms with E-state index in [-0.39, 0.29) is 5.91 Å². The number of anilines is 1. The van der Waals surface area contributed by atoms with Crippen LogP contribution in [0.3, 0.4) is 0 Å². The van der Waals surface area contributed by atoms with Crippen LogP contribution in [0.5, 0.6) is 0 Å². The molecule has 3 aromatic heterocycles. The number of ketones is 1. The lowest BCUT2D eigenvalue weighted by Gasteiger charge is -2.22. The number of pyridine rings is 1. The lowest BCUT2D eigenvalue weighted by molar-refractivity contribution is -0.151. The van der Waals surface area contributed by atoms with Gasteiger partial charge < -0.3 is 14.2 Å². The fourth-order valence-corrected chi connectivity index (χ4v) is 4.57. The fraction of sp³-hybridized carbons (Fsp3) is 0.320. The molecule has 11 heteroatoms. The molecule has 0 atom stereocenters. The summed E-state index contributed by atoms with van der Waals surface area (Å²) in [6, 6.07) is 6.76. The number of carbonyl (C=O) groups is 3. The second-order valence-corrected chi connectivity index (χ2v) is 10.9. The predicted molar refractivity (Wildman–Crippen MR) is 141 cm³/mol. The summed E-state index contributed by atoms with van der Waals surface area (Å²) in [5, 5.41) is 4.56. The zero-order valence-corrected chi connectivity index (χ0v) is 22.3. The average Bonchev–Trinajstić information content (AvgIpc) is 3.44. The van der Waals surface area contributed by atoms with E-state index in [1.165, 1.54) is 34.4 Å². The predicted octanol–water partition coefficient (Wildman–Crippen LogP) is 4.13. The highest BCUT2D eigenvalue weighted by molar-refractivity contribution is 7.16. The van der Waals surface area contributed by atoms with Crippen LogP contribution in [0, 0.1) is 5.41 Å². The van der Waals surface area contributed by atoms with Crippen LogP contribution in [-0.4, -0.2) is 46.2 Å². The minimum atomic E-state index is -1.04. The SMILES string of the molecule is C=Cc1cn(CC(=O)C(=O)OC)c(=O)cc1-c1cc(N(C)Cc2ccc(Cl)s2)n(C(=O)C(C)(C)C)n1. The number of carbonyl (C=O) groups excluding carboxylic acids is 3. The van der Waals surface area contributed by atoms with Gasteiger partial charge in [-0.3, -0.25) is 14.4 Å². The number of ether oxygens (including phenoxy) is 1. The number of nitrogens with zero attached hydrogens (tertiary/aromatic N) is 4. The maximum atomic E-state index is 13.3. The first-order chi connectivity index (χ1) is 16.8. The lowest BCUT2D eigenvalue weighted by Crippen LogP contribution is -2.31. The van der Waals surface area contributed by atoms with Crippen LogP contribution in [0.2, 0.25) is 4.34 Å². The van der Waals surface area contributed by atoms with Gasteiger partial charge in [0.25, 0.3) is 17.2 Å². The average molecular weight is 531 g/mol. The van der Waals surface area contributed by atoms with E-state index in [1.807, 2.05) is 24.1 Å². The zero-order valence-electron chi connectivity index (χ0n) is 20.7. The van der Waals surface area contributed by atoms with Crippen molar-refractivity contribution in [3.63, 3.8) is 0 Å². The Morgan fingerprint density at radius 1 is 1.25 bits per heavy atom. The Labute approximate surface area is 217 Å². The van der Waals surface area contributed by atoms with Crippen molar-refractivity contribution in [2.75, 3.05) is 19.1 Å². The third-order valence-electron chi connectivity index (χ3n) is 5.32. The van der Waals surface area contributed by atoms with Crippen LogP contribution in [0.4, 0.5) is 5.82 Å². The van der Waals surface area contributed by atoms with Crippen molar-refractivity contribution in [1.82, 2.24) is 14.3 Å². The molecule has 0 aliphatic carbocycles. The Morgan fingerprint density at radius 3 is 2.50 bits per heavy atom. The smallest absolute Gasteiger partial charge is 0.376 e. The number of thiophene rings is 1. The van der Waals surface area contributed by atoms with Gasteiger partial charge in [0.1, 0.15) is 5.82 Å². The van der Waals surface area contributed by atoms with E-state index in [9.17, 15) is 19.2 Å². The van der Waals surface area contributed by atoms with Gasteiger partial charge in [0, 0.05) is 41.2 Å². The number of rotatable bonds is 8. The number of hydrogen-bond acceptors (Lipinski definition) is 8. The van der Waals surface area contributed by atoms with Gasteiger partial charge in [-0.25, -0.2) is 4.79 Å². The summed E-state index contributed by atoms with van der Waals surface area (Å²) in [6.07, 6.45) is 2.93. The molecule has 0 aromatic carbocycles. The second-order valence-electron chi connectivity index (χ2n) is 9.14. The second kappa shape index (κ2) is 10.6. The number of aromatic nitrogens is 3. The quantitative estimate of drug-likeness (QED) is 0.318. The molecule has 3 aromatic rings. The van der Waals surface area contributed by atoms with Crippen LogP contribution in [0.25, 0.3) is 17.3 Å². The van der Waals surface area contributed by atoms with E-state index < -0.39 is 29.3 Å². The normalized spacial score (nSPS) is 11.3. The first-order valence-electron chi connectivity index (χ1n) is 10.9. The van der Waals surface area contributed by atoms with Crippen molar-refractivity contribution in [2.24, 2.45) is 5.41 Å². The largest absolute Gasteiger partial charge is 0.463 e. The molecule has 9 nitrogen and oxygen atoms in total. The summed E-state index contributed by atoms with van der Waals surface area (Å²) >= 11 is 7.52. The molecule has 0 unspecified atom stereocenters. The van der Waals surface area contributed by atoms with Crippen molar-refractivity contribution in [2.45, 2.75) is 33.9 Å². The standard InChI is InChI=1S/C25H27ClN4O5S/c1-7-15-12-29(14-19(31)23(33)35-6)22(32)10-17(15)18-11-21(30(27-18)24(34)25(2,3)4)28(5)13-16-8-9-20(26)36-16/h7-12H,1,13-14H2,2-6H3. The number of esters is 1. The van der Waals surface area contributed by atoms with Gasteiger partial charge >= 0.3 is 5.97 Å². The molecule has 0 saturated heterocycles. The maximum Gasteiger partial charge on any atom is 0.376 e. The first kappa shape index (κ1) is 27.1. The minimum absolute atomic E-state index is 0.225. The molecule has 0 radical (unpaired) electrons. The number of Topliss-reactive ketones (excluding diaryl/α,β-unsaturated/α-hetero) is 1. The van der Waals surface area contributed by atoms with Crippen LogP contribution in [0.1, 0.15) is 36.0 Å². The molecule has 3 heterocycles. The van der Waals surface area contributed by atoms with Crippen LogP contribution < -0.4 is 10.5 Å². The van der Waals surface area contributed by atoms with Crippen molar-refractivity contribution in [3.8, 4) is 11.3 Å². The van der Waals surface area contributed by atoms with Gasteiger partial charge in [-0.1, -0.05) is 45.0 Å². The zero-order chi connectivity index (χ0) is 26.8. The summed E-state index contributed by atoms with van der Waals surface area (Å²) in [4.78, 5) is 52.4. The number of methoxy groups -OCH3 is 1. The Bertz CT molecular complexity index is 1400. The van der Waals surface area contributed by atoms with Gasteiger partial charge in [0.05, 0.1) is 30.2 Å². The molecule has 36 heavy (non-hydrogen) atoms. The lowest BCUT2D eigenvalue weighted by atomic mass is 9.96. The molecule has 0 aliphatic rings.